The molecular formula is C10H15NO3. The molecule has 0 aromatic heterocycles. The molecule has 0 aliphatic carbocycles. The lowest BCUT2D eigenvalue weighted by Crippen LogP contribution is -2.28. The van der Waals surface area contributed by atoms with Crippen molar-refractivity contribution in [3.8, 4) is 11.5 Å². The highest BCUT2D eigenvalue weighted by Crippen LogP contribution is 2.17. The number of ether oxygens (including phenoxy) is 2. The van der Waals surface area contributed by atoms with Gasteiger partial charge >= 0.3 is 0 Å². The minimum absolute atomic E-state index is 0.114. The van der Waals surface area contributed by atoms with Crippen LogP contribution in [0.15, 0.2) is 24.3 Å². The van der Waals surface area contributed by atoms with Gasteiger partial charge < -0.3 is 20.3 Å². The number of hydrogen-bond donors (Lipinski definition) is 2. The first-order chi connectivity index (χ1) is 6.76. The normalized spacial score (nSPS) is 12.4. The number of rotatable bonds is 5. The second kappa shape index (κ2) is 5.47. The molecule has 0 saturated heterocycles. The van der Waals surface area contributed by atoms with E-state index in [0.29, 0.717) is 18.9 Å². The Morgan fingerprint density at radius 3 is 2.86 bits per heavy atom. The third-order valence-electron chi connectivity index (χ3n) is 1.85. The maximum absolute atomic E-state index is 9.16. The van der Waals surface area contributed by atoms with E-state index in [4.69, 9.17) is 20.3 Å². The first-order valence-electron chi connectivity index (χ1n) is 4.41. The number of nitrogens with two attached hydrogens (primary N) is 1. The van der Waals surface area contributed by atoms with Gasteiger partial charge in [-0.3, -0.25) is 0 Å². The Hall–Kier alpha value is -1.26. The molecule has 0 amide bonds. The lowest BCUT2D eigenvalue weighted by Gasteiger charge is -2.13. The van der Waals surface area contributed by atoms with Gasteiger partial charge in [0.05, 0.1) is 0 Å². The van der Waals surface area contributed by atoms with Gasteiger partial charge in [-0.05, 0) is 12.1 Å². The fourth-order valence-corrected chi connectivity index (χ4v) is 0.995. The summed E-state index contributed by atoms with van der Waals surface area (Å²) in [7, 11) is 1.59. The highest BCUT2D eigenvalue weighted by Gasteiger charge is 2.05. The Labute approximate surface area is 83.3 Å². The Morgan fingerprint density at radius 1 is 1.50 bits per heavy atom. The first-order valence-corrected chi connectivity index (χ1v) is 4.41. The third-order valence-corrected chi connectivity index (χ3v) is 1.85. The van der Waals surface area contributed by atoms with Crippen LogP contribution in [-0.2, 0) is 4.74 Å². The van der Waals surface area contributed by atoms with Crippen molar-refractivity contribution in [2.45, 2.75) is 6.10 Å². The maximum Gasteiger partial charge on any atom is 0.123 e. The molecule has 4 heteroatoms. The summed E-state index contributed by atoms with van der Waals surface area (Å²) in [6, 6.07) is 6.62. The van der Waals surface area contributed by atoms with Crippen LogP contribution in [0, 0.1) is 0 Å². The summed E-state index contributed by atoms with van der Waals surface area (Å²) in [4.78, 5) is 0. The van der Waals surface area contributed by atoms with E-state index in [-0.39, 0.29) is 11.9 Å². The van der Waals surface area contributed by atoms with Crippen molar-refractivity contribution in [2.24, 2.45) is 5.73 Å². The zero-order valence-corrected chi connectivity index (χ0v) is 8.14. The molecule has 1 aromatic rings. The van der Waals surface area contributed by atoms with E-state index in [9.17, 15) is 0 Å². The van der Waals surface area contributed by atoms with Gasteiger partial charge in [-0.1, -0.05) is 6.07 Å². The quantitative estimate of drug-likeness (QED) is 0.731. The molecule has 14 heavy (non-hydrogen) atoms. The van der Waals surface area contributed by atoms with Crippen LogP contribution in [0.2, 0.25) is 0 Å². The molecule has 0 saturated carbocycles. The summed E-state index contributed by atoms with van der Waals surface area (Å²) in [5.74, 6) is 0.796. The second-order valence-electron chi connectivity index (χ2n) is 2.90. The van der Waals surface area contributed by atoms with Gasteiger partial charge in [-0.25, -0.2) is 0 Å². The number of aromatic hydroxyl groups is 1. The lowest BCUT2D eigenvalue weighted by molar-refractivity contribution is 0.0643. The van der Waals surface area contributed by atoms with Gasteiger partial charge in [-0.15, -0.1) is 0 Å². The number of phenols is 1. The summed E-state index contributed by atoms with van der Waals surface area (Å²) in [6.45, 7) is 0.797. The number of phenolic OH excluding ortho intramolecular Hbond substituents is 1. The summed E-state index contributed by atoms with van der Waals surface area (Å²) >= 11 is 0. The van der Waals surface area contributed by atoms with Crippen LogP contribution in [0.5, 0.6) is 11.5 Å². The highest BCUT2D eigenvalue weighted by atomic mass is 16.5. The number of methoxy groups -OCH3 is 1. The Kier molecular flexibility index (Phi) is 4.22. The van der Waals surface area contributed by atoms with Crippen LogP contribution < -0.4 is 10.5 Å². The van der Waals surface area contributed by atoms with Crippen molar-refractivity contribution in [2.75, 3.05) is 20.3 Å². The van der Waals surface area contributed by atoms with Crippen molar-refractivity contribution in [3.05, 3.63) is 24.3 Å². The summed E-state index contributed by atoms with van der Waals surface area (Å²) in [5, 5.41) is 9.16. The fourth-order valence-electron chi connectivity index (χ4n) is 0.995. The molecule has 0 fully saturated rings. The minimum atomic E-state index is -0.114. The average Bonchev–Trinajstić information content (AvgIpc) is 2.19. The van der Waals surface area contributed by atoms with Gasteiger partial charge in [0.15, 0.2) is 0 Å². The van der Waals surface area contributed by atoms with E-state index < -0.39 is 0 Å². The molecule has 0 aliphatic rings. The second-order valence-corrected chi connectivity index (χ2v) is 2.90. The summed E-state index contributed by atoms with van der Waals surface area (Å²) < 4.78 is 10.4. The predicted octanol–water partition coefficient (Wildman–Crippen LogP) is 0.745. The van der Waals surface area contributed by atoms with Crippen molar-refractivity contribution in [3.63, 3.8) is 0 Å². The monoisotopic (exact) mass is 197 g/mol. The Bertz CT molecular complexity index is 274. The number of hydrogen-bond acceptors (Lipinski definition) is 4. The highest BCUT2D eigenvalue weighted by molar-refractivity contribution is 5.31. The van der Waals surface area contributed by atoms with E-state index in [2.05, 4.69) is 0 Å². The van der Waals surface area contributed by atoms with Gasteiger partial charge in [-0.2, -0.15) is 0 Å². The molecule has 0 spiro atoms. The molecule has 0 heterocycles. The predicted molar refractivity (Wildman–Crippen MR) is 53.5 cm³/mol. The lowest BCUT2D eigenvalue weighted by atomic mass is 10.3. The van der Waals surface area contributed by atoms with Gasteiger partial charge in [0.2, 0.25) is 0 Å². The topological polar surface area (TPSA) is 64.7 Å². The molecule has 0 aliphatic heterocycles. The molecule has 78 valence electrons. The van der Waals surface area contributed by atoms with Crippen LogP contribution in [0.1, 0.15) is 0 Å². The van der Waals surface area contributed by atoms with Crippen LogP contribution in [0.25, 0.3) is 0 Å². The molecule has 3 N–H and O–H groups in total. The summed E-state index contributed by atoms with van der Waals surface area (Å²) in [6.07, 6.45) is -0.114. The molecule has 1 rings (SSSR count). The average molecular weight is 197 g/mol. The van der Waals surface area contributed by atoms with E-state index >= 15 is 0 Å². The molecule has 0 bridgehead atoms. The van der Waals surface area contributed by atoms with Gasteiger partial charge in [0, 0.05) is 19.7 Å². The van der Waals surface area contributed by atoms with Crippen LogP contribution in [-0.4, -0.2) is 31.5 Å². The third kappa shape index (κ3) is 3.24. The zero-order valence-electron chi connectivity index (χ0n) is 8.14. The van der Waals surface area contributed by atoms with Gasteiger partial charge in [0.1, 0.15) is 24.2 Å². The first kappa shape index (κ1) is 10.8. The van der Waals surface area contributed by atoms with Gasteiger partial charge in [0.25, 0.3) is 0 Å². The molecular weight excluding hydrogens is 182 g/mol. The molecule has 1 unspecified atom stereocenters. The Morgan fingerprint density at radius 2 is 2.29 bits per heavy atom. The fraction of sp³-hybridized carbons (Fsp3) is 0.400. The van der Waals surface area contributed by atoms with Crippen LogP contribution in [0.3, 0.4) is 0 Å². The van der Waals surface area contributed by atoms with Crippen LogP contribution in [0.4, 0.5) is 0 Å². The smallest absolute Gasteiger partial charge is 0.123 e. The van der Waals surface area contributed by atoms with E-state index in [0.717, 1.165) is 0 Å². The van der Waals surface area contributed by atoms with E-state index in [1.54, 1.807) is 31.4 Å². The van der Waals surface area contributed by atoms with Crippen molar-refractivity contribution < 1.29 is 14.6 Å². The standard InChI is InChI=1S/C10H15NO3/c1-13-10(6-11)7-14-9-4-2-3-8(12)5-9/h2-5,10,12H,6-7,11H2,1H3. The Balaban J connectivity index is 2.44. The van der Waals surface area contributed by atoms with Crippen LogP contribution >= 0.6 is 0 Å². The largest absolute Gasteiger partial charge is 0.508 e. The molecule has 4 nitrogen and oxygen atoms in total. The number of benzene rings is 1. The van der Waals surface area contributed by atoms with Crippen molar-refractivity contribution in [1.82, 2.24) is 0 Å². The van der Waals surface area contributed by atoms with E-state index in [1.165, 1.54) is 0 Å². The zero-order chi connectivity index (χ0) is 10.4. The maximum atomic E-state index is 9.16. The SMILES string of the molecule is COC(CN)COc1cccc(O)c1. The van der Waals surface area contributed by atoms with Crippen molar-refractivity contribution in [1.29, 1.82) is 0 Å². The molecule has 0 radical (unpaired) electrons. The molecule has 1 aromatic carbocycles. The molecule has 1 atom stereocenters. The van der Waals surface area contributed by atoms with Crippen molar-refractivity contribution >= 4 is 0 Å². The van der Waals surface area contributed by atoms with E-state index in [1.807, 2.05) is 0 Å². The summed E-state index contributed by atoms with van der Waals surface area (Å²) in [5.41, 5.74) is 5.42. The minimum Gasteiger partial charge on any atom is -0.508 e.